The van der Waals surface area contributed by atoms with Crippen LogP contribution in [0.3, 0.4) is 0 Å². The lowest BCUT2D eigenvalue weighted by Gasteiger charge is -2.13. The molecule has 0 N–H and O–H groups in total. The van der Waals surface area contributed by atoms with Gasteiger partial charge in [0.05, 0.1) is 6.61 Å². The molecule has 0 atom stereocenters. The first kappa shape index (κ1) is 12.0. The number of aryl methyl sites for hydroxylation is 2. The Hall–Kier alpha value is -0.500. The molecule has 1 aromatic rings. The van der Waals surface area contributed by atoms with Gasteiger partial charge in [-0.1, -0.05) is 28.8 Å². The summed E-state index contributed by atoms with van der Waals surface area (Å²) in [5.74, 6) is 1.80. The number of hydrogen-bond donors (Lipinski definition) is 0. The maximum absolute atomic E-state index is 5.89. The molecule has 1 fully saturated rings. The fraction of sp³-hybridized carbons (Fsp3) is 0.571. The molecule has 1 nitrogen and oxygen atoms in total. The van der Waals surface area contributed by atoms with Gasteiger partial charge in [-0.05, 0) is 55.9 Å². The van der Waals surface area contributed by atoms with E-state index < -0.39 is 0 Å². The lowest BCUT2D eigenvalue weighted by Crippen LogP contribution is -2.08. The molecule has 0 bridgehead atoms. The van der Waals surface area contributed by atoms with Crippen molar-refractivity contribution in [1.29, 1.82) is 0 Å². The Labute approximate surface area is 106 Å². The van der Waals surface area contributed by atoms with Crippen LogP contribution in [0.2, 0.25) is 0 Å². The SMILES string of the molecule is Cc1cc(OCC2CCCC2)cc(C)c1Br. The molecule has 0 heterocycles. The topological polar surface area (TPSA) is 9.23 Å². The molecule has 1 aliphatic carbocycles. The van der Waals surface area contributed by atoms with Crippen LogP contribution in [0.25, 0.3) is 0 Å². The van der Waals surface area contributed by atoms with Crippen LogP contribution in [0, 0.1) is 19.8 Å². The minimum Gasteiger partial charge on any atom is -0.493 e. The summed E-state index contributed by atoms with van der Waals surface area (Å²) in [6, 6.07) is 4.23. The van der Waals surface area contributed by atoms with Gasteiger partial charge in [0.25, 0.3) is 0 Å². The van der Waals surface area contributed by atoms with E-state index in [1.54, 1.807) is 0 Å². The van der Waals surface area contributed by atoms with Gasteiger partial charge in [-0.25, -0.2) is 0 Å². The number of halogens is 1. The molecule has 2 rings (SSSR count). The fourth-order valence-corrected chi connectivity index (χ4v) is 2.61. The van der Waals surface area contributed by atoms with Crippen molar-refractivity contribution in [2.45, 2.75) is 39.5 Å². The van der Waals surface area contributed by atoms with Crippen molar-refractivity contribution in [3.8, 4) is 5.75 Å². The number of rotatable bonds is 3. The van der Waals surface area contributed by atoms with Crippen LogP contribution in [-0.4, -0.2) is 6.61 Å². The maximum Gasteiger partial charge on any atom is 0.119 e. The molecule has 88 valence electrons. The lowest BCUT2D eigenvalue weighted by atomic mass is 10.1. The van der Waals surface area contributed by atoms with E-state index in [0.29, 0.717) is 0 Å². The van der Waals surface area contributed by atoms with E-state index in [-0.39, 0.29) is 0 Å². The highest BCUT2D eigenvalue weighted by Crippen LogP contribution is 2.29. The molecular formula is C14H19BrO. The van der Waals surface area contributed by atoms with Crippen molar-refractivity contribution in [3.05, 3.63) is 27.7 Å². The van der Waals surface area contributed by atoms with E-state index in [4.69, 9.17) is 4.74 Å². The van der Waals surface area contributed by atoms with Crippen molar-refractivity contribution < 1.29 is 4.74 Å². The molecule has 0 spiro atoms. The van der Waals surface area contributed by atoms with Crippen LogP contribution < -0.4 is 4.74 Å². The Morgan fingerprint density at radius 2 is 1.75 bits per heavy atom. The van der Waals surface area contributed by atoms with E-state index in [2.05, 4.69) is 41.9 Å². The molecule has 0 radical (unpaired) electrons. The molecule has 16 heavy (non-hydrogen) atoms. The smallest absolute Gasteiger partial charge is 0.119 e. The van der Waals surface area contributed by atoms with E-state index in [9.17, 15) is 0 Å². The maximum atomic E-state index is 5.89. The summed E-state index contributed by atoms with van der Waals surface area (Å²) in [6.07, 6.45) is 5.45. The molecule has 1 saturated carbocycles. The average Bonchev–Trinajstić information content (AvgIpc) is 2.75. The van der Waals surface area contributed by atoms with Gasteiger partial charge in [-0.2, -0.15) is 0 Å². The summed E-state index contributed by atoms with van der Waals surface area (Å²) in [5.41, 5.74) is 2.50. The van der Waals surface area contributed by atoms with Gasteiger partial charge in [0.15, 0.2) is 0 Å². The second-order valence-electron chi connectivity index (χ2n) is 4.83. The first-order valence-corrected chi connectivity index (χ1v) is 6.85. The van der Waals surface area contributed by atoms with Crippen molar-refractivity contribution in [1.82, 2.24) is 0 Å². The molecule has 1 aliphatic rings. The van der Waals surface area contributed by atoms with Gasteiger partial charge in [0, 0.05) is 4.47 Å². The molecule has 0 aliphatic heterocycles. The van der Waals surface area contributed by atoms with Gasteiger partial charge >= 0.3 is 0 Å². The van der Waals surface area contributed by atoms with Gasteiger partial charge in [-0.3, -0.25) is 0 Å². The Morgan fingerprint density at radius 1 is 1.19 bits per heavy atom. The molecule has 0 saturated heterocycles. The fourth-order valence-electron chi connectivity index (χ4n) is 2.38. The predicted octanol–water partition coefficient (Wildman–Crippen LogP) is 4.63. The van der Waals surface area contributed by atoms with Crippen LogP contribution in [-0.2, 0) is 0 Å². The Balaban J connectivity index is 1.98. The zero-order valence-electron chi connectivity index (χ0n) is 10.1. The van der Waals surface area contributed by atoms with Crippen LogP contribution in [0.1, 0.15) is 36.8 Å². The monoisotopic (exact) mass is 282 g/mol. The zero-order valence-corrected chi connectivity index (χ0v) is 11.6. The molecule has 0 unspecified atom stereocenters. The van der Waals surface area contributed by atoms with Crippen LogP contribution in [0.5, 0.6) is 5.75 Å². The summed E-state index contributed by atoms with van der Waals surface area (Å²) in [7, 11) is 0. The number of ether oxygens (including phenoxy) is 1. The standard InChI is InChI=1S/C14H19BrO/c1-10-7-13(8-11(2)14(10)15)16-9-12-5-3-4-6-12/h7-8,12H,3-6,9H2,1-2H3. The van der Waals surface area contributed by atoms with Crippen LogP contribution >= 0.6 is 15.9 Å². The third-order valence-electron chi connectivity index (χ3n) is 3.37. The second-order valence-corrected chi connectivity index (χ2v) is 5.63. The first-order chi connectivity index (χ1) is 7.66. The quantitative estimate of drug-likeness (QED) is 0.785. The highest BCUT2D eigenvalue weighted by Gasteiger charge is 2.15. The summed E-state index contributed by atoms with van der Waals surface area (Å²) in [5, 5.41) is 0. The van der Waals surface area contributed by atoms with Crippen molar-refractivity contribution >= 4 is 15.9 Å². The number of benzene rings is 1. The summed E-state index contributed by atoms with van der Waals surface area (Å²) in [4.78, 5) is 0. The van der Waals surface area contributed by atoms with Crippen LogP contribution in [0.4, 0.5) is 0 Å². The molecule has 1 aromatic carbocycles. The lowest BCUT2D eigenvalue weighted by molar-refractivity contribution is 0.252. The van der Waals surface area contributed by atoms with Crippen LogP contribution in [0.15, 0.2) is 16.6 Å². The zero-order chi connectivity index (χ0) is 11.5. The summed E-state index contributed by atoms with van der Waals surface area (Å²) in [6.45, 7) is 5.11. The highest BCUT2D eigenvalue weighted by atomic mass is 79.9. The van der Waals surface area contributed by atoms with E-state index in [1.165, 1.54) is 41.3 Å². The third-order valence-corrected chi connectivity index (χ3v) is 4.62. The van der Waals surface area contributed by atoms with Crippen molar-refractivity contribution in [2.24, 2.45) is 5.92 Å². The first-order valence-electron chi connectivity index (χ1n) is 6.06. The second kappa shape index (κ2) is 5.22. The number of hydrogen-bond acceptors (Lipinski definition) is 1. The summed E-state index contributed by atoms with van der Waals surface area (Å²) < 4.78 is 7.08. The van der Waals surface area contributed by atoms with E-state index in [1.807, 2.05) is 0 Å². The molecule has 2 heteroatoms. The van der Waals surface area contributed by atoms with Crippen molar-refractivity contribution in [2.75, 3.05) is 6.61 Å². The molecular weight excluding hydrogens is 264 g/mol. The molecule has 0 aromatic heterocycles. The van der Waals surface area contributed by atoms with E-state index >= 15 is 0 Å². The molecule has 0 amide bonds. The Kier molecular flexibility index (Phi) is 3.91. The minimum atomic E-state index is 0.782. The minimum absolute atomic E-state index is 0.782. The van der Waals surface area contributed by atoms with Gasteiger partial charge in [-0.15, -0.1) is 0 Å². The Bertz CT molecular complexity index is 344. The predicted molar refractivity (Wildman–Crippen MR) is 71.1 cm³/mol. The van der Waals surface area contributed by atoms with Crippen molar-refractivity contribution in [3.63, 3.8) is 0 Å². The highest BCUT2D eigenvalue weighted by molar-refractivity contribution is 9.10. The van der Waals surface area contributed by atoms with Gasteiger partial charge in [0.1, 0.15) is 5.75 Å². The average molecular weight is 283 g/mol. The Morgan fingerprint density at radius 3 is 2.31 bits per heavy atom. The van der Waals surface area contributed by atoms with Gasteiger partial charge in [0.2, 0.25) is 0 Å². The normalized spacial score (nSPS) is 16.7. The van der Waals surface area contributed by atoms with E-state index in [0.717, 1.165) is 18.3 Å². The van der Waals surface area contributed by atoms with Gasteiger partial charge < -0.3 is 4.74 Å². The third kappa shape index (κ3) is 2.79. The summed E-state index contributed by atoms with van der Waals surface area (Å²) >= 11 is 3.58. The largest absolute Gasteiger partial charge is 0.493 e.